The van der Waals surface area contributed by atoms with Crippen LogP contribution in [0.4, 0.5) is 5.69 Å². The van der Waals surface area contributed by atoms with E-state index in [1.165, 1.54) is 12.1 Å². The molecule has 1 aliphatic rings. The lowest BCUT2D eigenvalue weighted by molar-refractivity contribution is -0.138. The van der Waals surface area contributed by atoms with E-state index in [9.17, 15) is 13.2 Å². The molecular weight excluding hydrogens is 342 g/mol. The number of aliphatic carboxylic acids is 1. The van der Waals surface area contributed by atoms with Crippen LogP contribution in [-0.4, -0.2) is 26.6 Å². The summed E-state index contributed by atoms with van der Waals surface area (Å²) in [4.78, 5) is 11.1. The molecule has 0 heterocycles. The number of methoxy groups -OCH3 is 1. The van der Waals surface area contributed by atoms with Gasteiger partial charge in [-0.15, -0.1) is 0 Å². The Morgan fingerprint density at radius 2 is 1.80 bits per heavy atom. The molecule has 0 amide bonds. The number of hydrogen-bond donors (Lipinski definition) is 2. The second-order valence-electron chi connectivity index (χ2n) is 6.09. The number of nitrogens with one attached hydrogen (secondary N) is 1. The number of benzene rings is 2. The molecule has 0 spiro atoms. The molecule has 3 rings (SSSR count). The van der Waals surface area contributed by atoms with E-state index in [1.807, 2.05) is 0 Å². The van der Waals surface area contributed by atoms with E-state index in [1.54, 1.807) is 43.5 Å². The third-order valence-electron chi connectivity index (χ3n) is 4.24. The van der Waals surface area contributed by atoms with Crippen LogP contribution in [0.15, 0.2) is 53.4 Å². The molecule has 132 valence electrons. The molecule has 2 atom stereocenters. The van der Waals surface area contributed by atoms with Crippen molar-refractivity contribution in [1.29, 1.82) is 0 Å². The number of hydrogen-bond acceptors (Lipinski definition) is 4. The summed E-state index contributed by atoms with van der Waals surface area (Å²) in [6, 6.07) is 13.3. The number of carboxylic acids is 1. The Morgan fingerprint density at radius 1 is 1.16 bits per heavy atom. The maximum atomic E-state index is 12.4. The van der Waals surface area contributed by atoms with Crippen molar-refractivity contribution in [1.82, 2.24) is 0 Å². The van der Waals surface area contributed by atoms with Crippen LogP contribution >= 0.6 is 0 Å². The molecule has 0 unspecified atom stereocenters. The third kappa shape index (κ3) is 4.00. The fourth-order valence-corrected chi connectivity index (χ4v) is 3.84. The number of ether oxygens (including phenoxy) is 1. The lowest BCUT2D eigenvalue weighted by Gasteiger charge is -2.09. The van der Waals surface area contributed by atoms with Gasteiger partial charge in [0.1, 0.15) is 0 Å². The minimum absolute atomic E-state index is 0.0245. The number of sulfonamides is 1. The molecule has 1 fully saturated rings. The lowest BCUT2D eigenvalue weighted by Crippen LogP contribution is -2.13. The molecule has 2 aromatic carbocycles. The lowest BCUT2D eigenvalue weighted by atomic mass is 10.1. The molecule has 0 bridgehead atoms. The number of carboxylic acid groups (broad SMARTS) is 1. The highest BCUT2D eigenvalue weighted by Crippen LogP contribution is 2.47. The summed E-state index contributed by atoms with van der Waals surface area (Å²) in [6.45, 7) is 0.424. The summed E-state index contributed by atoms with van der Waals surface area (Å²) in [5.41, 5.74) is 2.25. The van der Waals surface area contributed by atoms with E-state index in [2.05, 4.69) is 4.72 Å². The summed E-state index contributed by atoms with van der Waals surface area (Å²) < 4.78 is 32.4. The molecule has 0 aromatic heterocycles. The van der Waals surface area contributed by atoms with Gasteiger partial charge in [0.05, 0.1) is 17.4 Å². The monoisotopic (exact) mass is 361 g/mol. The highest BCUT2D eigenvalue weighted by Gasteiger charge is 2.44. The van der Waals surface area contributed by atoms with Crippen LogP contribution in [0.2, 0.25) is 0 Å². The fourth-order valence-electron chi connectivity index (χ4n) is 2.78. The van der Waals surface area contributed by atoms with Crippen LogP contribution in [-0.2, 0) is 26.2 Å². The second kappa shape index (κ2) is 6.85. The van der Waals surface area contributed by atoms with Crippen molar-refractivity contribution in [2.45, 2.75) is 23.8 Å². The van der Waals surface area contributed by atoms with Crippen molar-refractivity contribution in [2.75, 3.05) is 11.8 Å². The zero-order valence-corrected chi connectivity index (χ0v) is 14.5. The van der Waals surface area contributed by atoms with Gasteiger partial charge in [0.2, 0.25) is 0 Å². The van der Waals surface area contributed by atoms with E-state index in [-0.39, 0.29) is 16.7 Å². The molecular formula is C18H19NO5S. The van der Waals surface area contributed by atoms with Gasteiger partial charge in [-0.05, 0) is 47.7 Å². The van der Waals surface area contributed by atoms with Crippen LogP contribution in [0.25, 0.3) is 0 Å². The first kappa shape index (κ1) is 17.4. The van der Waals surface area contributed by atoms with Crippen LogP contribution in [0.5, 0.6) is 0 Å². The predicted octanol–water partition coefficient (Wildman–Crippen LogP) is 2.82. The first-order valence-corrected chi connectivity index (χ1v) is 9.32. The van der Waals surface area contributed by atoms with E-state index in [4.69, 9.17) is 9.84 Å². The van der Waals surface area contributed by atoms with Gasteiger partial charge in [-0.25, -0.2) is 8.42 Å². The van der Waals surface area contributed by atoms with E-state index < -0.39 is 16.0 Å². The minimum atomic E-state index is -3.67. The van der Waals surface area contributed by atoms with Crippen LogP contribution in [0, 0.1) is 5.92 Å². The maximum absolute atomic E-state index is 12.4. The number of rotatable bonds is 7. The van der Waals surface area contributed by atoms with Gasteiger partial charge in [-0.1, -0.05) is 24.3 Å². The molecule has 1 aliphatic carbocycles. The maximum Gasteiger partial charge on any atom is 0.307 e. The van der Waals surface area contributed by atoms with Gasteiger partial charge in [0.25, 0.3) is 10.0 Å². The molecule has 0 aliphatic heterocycles. The average Bonchev–Trinajstić information content (AvgIpc) is 3.37. The summed E-state index contributed by atoms with van der Waals surface area (Å²) in [5, 5.41) is 8.97. The van der Waals surface area contributed by atoms with Crippen molar-refractivity contribution in [2.24, 2.45) is 5.92 Å². The van der Waals surface area contributed by atoms with Gasteiger partial charge < -0.3 is 9.84 Å². The minimum Gasteiger partial charge on any atom is -0.481 e. The zero-order chi connectivity index (χ0) is 18.0. The Bertz CT molecular complexity index is 859. The Morgan fingerprint density at radius 3 is 2.32 bits per heavy atom. The summed E-state index contributed by atoms with van der Waals surface area (Å²) in [5.74, 6) is -1.09. The Kier molecular flexibility index (Phi) is 4.78. The van der Waals surface area contributed by atoms with Crippen LogP contribution in [0.3, 0.4) is 0 Å². The zero-order valence-electron chi connectivity index (χ0n) is 13.7. The molecule has 0 saturated heterocycles. The molecule has 25 heavy (non-hydrogen) atoms. The fraction of sp³-hybridized carbons (Fsp3) is 0.278. The molecule has 7 heteroatoms. The quantitative estimate of drug-likeness (QED) is 0.791. The van der Waals surface area contributed by atoms with Gasteiger partial charge in [-0.2, -0.15) is 0 Å². The van der Waals surface area contributed by atoms with E-state index in [0.29, 0.717) is 18.7 Å². The Balaban J connectivity index is 1.69. The van der Waals surface area contributed by atoms with E-state index >= 15 is 0 Å². The third-order valence-corrected chi connectivity index (χ3v) is 5.64. The second-order valence-corrected chi connectivity index (χ2v) is 7.77. The molecule has 2 aromatic rings. The highest BCUT2D eigenvalue weighted by molar-refractivity contribution is 7.92. The van der Waals surface area contributed by atoms with Crippen LogP contribution < -0.4 is 4.72 Å². The largest absolute Gasteiger partial charge is 0.481 e. The summed E-state index contributed by atoms with van der Waals surface area (Å²) in [6.07, 6.45) is 0.633. The van der Waals surface area contributed by atoms with Crippen molar-refractivity contribution in [3.63, 3.8) is 0 Å². The Hall–Kier alpha value is -2.38. The van der Waals surface area contributed by atoms with Gasteiger partial charge in [0.15, 0.2) is 0 Å². The Labute approximate surface area is 146 Å². The average molecular weight is 361 g/mol. The number of anilines is 1. The first-order chi connectivity index (χ1) is 11.9. The summed E-state index contributed by atoms with van der Waals surface area (Å²) >= 11 is 0. The highest BCUT2D eigenvalue weighted by atomic mass is 32.2. The predicted molar refractivity (Wildman–Crippen MR) is 92.9 cm³/mol. The standard InChI is InChI=1S/C18H19NO5S/c1-24-11-12-2-8-15(9-3-12)25(22,23)19-14-6-4-13(5-7-14)16-10-17(16)18(20)21/h2-9,16-17,19H,10-11H2,1H3,(H,20,21)/t16-,17+/m0/s1. The molecule has 6 nitrogen and oxygen atoms in total. The smallest absolute Gasteiger partial charge is 0.307 e. The van der Waals surface area contributed by atoms with Gasteiger partial charge >= 0.3 is 5.97 Å². The summed E-state index contributed by atoms with van der Waals surface area (Å²) in [7, 11) is -2.09. The first-order valence-electron chi connectivity index (χ1n) is 7.84. The normalized spacial score (nSPS) is 19.4. The van der Waals surface area contributed by atoms with Crippen molar-refractivity contribution >= 4 is 21.7 Å². The van der Waals surface area contributed by atoms with Crippen molar-refractivity contribution < 1.29 is 23.1 Å². The van der Waals surface area contributed by atoms with Gasteiger partial charge in [0, 0.05) is 12.8 Å². The van der Waals surface area contributed by atoms with Gasteiger partial charge in [-0.3, -0.25) is 9.52 Å². The van der Waals surface area contributed by atoms with Crippen molar-refractivity contribution in [3.05, 3.63) is 59.7 Å². The SMILES string of the molecule is COCc1ccc(S(=O)(=O)Nc2ccc([C@@H]3C[C@H]3C(=O)O)cc2)cc1. The molecule has 2 N–H and O–H groups in total. The van der Waals surface area contributed by atoms with Crippen LogP contribution in [0.1, 0.15) is 23.5 Å². The van der Waals surface area contributed by atoms with E-state index in [0.717, 1.165) is 11.1 Å². The topological polar surface area (TPSA) is 92.7 Å². The number of carbonyl (C=O) groups is 1. The molecule has 0 radical (unpaired) electrons. The van der Waals surface area contributed by atoms with Crippen molar-refractivity contribution in [3.8, 4) is 0 Å². The molecule has 1 saturated carbocycles.